The van der Waals surface area contributed by atoms with E-state index in [0.717, 1.165) is 0 Å². The zero-order chi connectivity index (χ0) is 13.2. The minimum atomic E-state index is -5.21. The average molecular weight is 257 g/mol. The molecule has 0 aliphatic rings. The summed E-state index contributed by atoms with van der Waals surface area (Å²) in [7, 11) is 0. The van der Waals surface area contributed by atoms with E-state index in [4.69, 9.17) is 5.11 Å². The number of aromatic nitrogens is 1. The van der Waals surface area contributed by atoms with Crippen molar-refractivity contribution in [2.24, 2.45) is 0 Å². The highest BCUT2D eigenvalue weighted by atomic mass is 19.4. The molecule has 9 heteroatoms. The first kappa shape index (κ1) is 13.1. The van der Waals surface area contributed by atoms with Gasteiger partial charge in [-0.05, 0) is 0 Å². The zero-order valence-electron chi connectivity index (χ0n) is 7.83. The van der Waals surface area contributed by atoms with Crippen molar-refractivity contribution in [2.75, 3.05) is 0 Å². The number of halogens is 5. The van der Waals surface area contributed by atoms with E-state index >= 15 is 0 Å². The smallest absolute Gasteiger partial charge is 0.505 e. The topological polar surface area (TPSA) is 59.4 Å². The second-order valence-corrected chi connectivity index (χ2v) is 2.74. The minimum absolute atomic E-state index is 0.0709. The van der Waals surface area contributed by atoms with Crippen molar-refractivity contribution in [1.29, 1.82) is 0 Å². The van der Waals surface area contributed by atoms with Crippen LogP contribution < -0.4 is 4.74 Å². The molecule has 0 unspecified atom stereocenters. The molecule has 1 heterocycles. The monoisotopic (exact) mass is 257 g/mol. The molecule has 0 aromatic carbocycles. The second-order valence-electron chi connectivity index (χ2n) is 2.74. The van der Waals surface area contributed by atoms with Crippen molar-refractivity contribution >= 4 is 6.29 Å². The summed E-state index contributed by atoms with van der Waals surface area (Å²) in [6.07, 6.45) is -8.44. The Labute approximate surface area is 90.6 Å². The summed E-state index contributed by atoms with van der Waals surface area (Å²) < 4.78 is 63.7. The highest BCUT2D eigenvalue weighted by Gasteiger charge is 2.35. The molecule has 0 aliphatic carbocycles. The van der Waals surface area contributed by atoms with Crippen LogP contribution in [0.25, 0.3) is 0 Å². The highest BCUT2D eigenvalue weighted by molar-refractivity contribution is 5.77. The van der Waals surface area contributed by atoms with Crippen LogP contribution in [0, 0.1) is 0 Å². The van der Waals surface area contributed by atoms with Crippen molar-refractivity contribution in [3.8, 4) is 11.5 Å². The Morgan fingerprint density at radius 2 is 2.00 bits per heavy atom. The molecule has 0 saturated heterocycles. The van der Waals surface area contributed by atoms with Gasteiger partial charge in [0.1, 0.15) is 11.3 Å². The van der Waals surface area contributed by atoms with E-state index in [-0.39, 0.29) is 6.29 Å². The normalized spacial score (nSPS) is 11.6. The number of hydrogen-bond donors (Lipinski definition) is 1. The average Bonchev–Trinajstić information content (AvgIpc) is 2.14. The Bertz CT molecular complexity index is 432. The molecule has 4 nitrogen and oxygen atoms in total. The first-order valence-corrected chi connectivity index (χ1v) is 3.97. The van der Waals surface area contributed by atoms with Crippen LogP contribution in [-0.2, 0) is 0 Å². The predicted molar refractivity (Wildman–Crippen MR) is 42.9 cm³/mol. The molecule has 0 spiro atoms. The van der Waals surface area contributed by atoms with Gasteiger partial charge >= 0.3 is 6.36 Å². The molecular formula is C8H4F5NO3. The summed E-state index contributed by atoms with van der Waals surface area (Å²) in [5.41, 5.74) is -2.23. The van der Waals surface area contributed by atoms with Gasteiger partial charge in [0.15, 0.2) is 17.8 Å². The van der Waals surface area contributed by atoms with Crippen molar-refractivity contribution < 1.29 is 36.6 Å². The summed E-state index contributed by atoms with van der Waals surface area (Å²) in [5.74, 6) is -2.69. The molecule has 0 radical (unpaired) electrons. The number of aromatic hydroxyl groups is 1. The Morgan fingerprint density at radius 1 is 1.41 bits per heavy atom. The standard InChI is InChI=1S/C8H4F5NO3/c9-7(10)5-4(17-8(11,12)13)1-14-3(2-15)6(5)16/h1-2,7,16H. The molecule has 0 aliphatic heterocycles. The minimum Gasteiger partial charge on any atom is -0.505 e. The van der Waals surface area contributed by atoms with Crippen LogP contribution in [0.3, 0.4) is 0 Å². The Kier molecular flexibility index (Phi) is 3.49. The van der Waals surface area contributed by atoms with Crippen LogP contribution in [0.1, 0.15) is 22.5 Å². The summed E-state index contributed by atoms with van der Waals surface area (Å²) in [4.78, 5) is 13.3. The van der Waals surface area contributed by atoms with E-state index in [2.05, 4.69) is 9.72 Å². The third kappa shape index (κ3) is 3.02. The Balaban J connectivity index is 3.31. The maximum absolute atomic E-state index is 12.4. The number of carbonyl (C=O) groups excluding carboxylic acids is 1. The highest BCUT2D eigenvalue weighted by Crippen LogP contribution is 2.39. The molecule has 0 amide bonds. The number of rotatable bonds is 3. The maximum atomic E-state index is 12.4. The summed E-state index contributed by atoms with van der Waals surface area (Å²) in [6.45, 7) is 0. The van der Waals surface area contributed by atoms with Gasteiger partial charge in [0.05, 0.1) is 6.20 Å². The fourth-order valence-corrected chi connectivity index (χ4v) is 1.02. The first-order chi connectivity index (χ1) is 7.76. The van der Waals surface area contributed by atoms with E-state index < -0.39 is 35.5 Å². The summed E-state index contributed by atoms with van der Waals surface area (Å²) >= 11 is 0. The fraction of sp³-hybridized carbons (Fsp3) is 0.250. The Hall–Kier alpha value is -1.93. The van der Waals surface area contributed by atoms with Crippen LogP contribution in [-0.4, -0.2) is 22.7 Å². The van der Waals surface area contributed by atoms with Gasteiger partial charge in [0.2, 0.25) is 0 Å². The van der Waals surface area contributed by atoms with Gasteiger partial charge in [-0.2, -0.15) is 0 Å². The molecule has 1 N–H and O–H groups in total. The Morgan fingerprint density at radius 3 is 2.41 bits per heavy atom. The molecule has 0 atom stereocenters. The predicted octanol–water partition coefficient (Wildman–Crippen LogP) is 2.44. The number of pyridine rings is 1. The number of alkyl halides is 5. The van der Waals surface area contributed by atoms with E-state index in [0.29, 0.717) is 6.20 Å². The van der Waals surface area contributed by atoms with Gasteiger partial charge in [-0.1, -0.05) is 0 Å². The second kappa shape index (κ2) is 4.52. The van der Waals surface area contributed by atoms with Gasteiger partial charge in [-0.25, -0.2) is 13.8 Å². The van der Waals surface area contributed by atoms with Crippen molar-refractivity contribution in [1.82, 2.24) is 4.98 Å². The van der Waals surface area contributed by atoms with Gasteiger partial charge in [-0.3, -0.25) is 4.79 Å². The molecule has 1 aromatic heterocycles. The quantitative estimate of drug-likeness (QED) is 0.667. The summed E-state index contributed by atoms with van der Waals surface area (Å²) in [5, 5.41) is 9.12. The van der Waals surface area contributed by atoms with Crippen molar-refractivity contribution in [3.05, 3.63) is 17.5 Å². The lowest BCUT2D eigenvalue weighted by Crippen LogP contribution is -2.18. The molecule has 0 bridgehead atoms. The molecule has 0 fully saturated rings. The zero-order valence-corrected chi connectivity index (χ0v) is 7.83. The van der Waals surface area contributed by atoms with Crippen LogP contribution in [0.2, 0.25) is 0 Å². The number of aldehydes is 1. The van der Waals surface area contributed by atoms with E-state index in [1.165, 1.54) is 0 Å². The van der Waals surface area contributed by atoms with Crippen molar-refractivity contribution in [3.63, 3.8) is 0 Å². The van der Waals surface area contributed by atoms with Crippen LogP contribution >= 0.6 is 0 Å². The fourth-order valence-electron chi connectivity index (χ4n) is 1.02. The molecule has 17 heavy (non-hydrogen) atoms. The number of hydrogen-bond acceptors (Lipinski definition) is 4. The largest absolute Gasteiger partial charge is 0.573 e. The van der Waals surface area contributed by atoms with Crippen LogP contribution in [0.15, 0.2) is 6.20 Å². The van der Waals surface area contributed by atoms with Gasteiger partial charge in [0, 0.05) is 0 Å². The molecular weight excluding hydrogens is 253 g/mol. The molecule has 1 aromatic rings. The van der Waals surface area contributed by atoms with E-state index in [1.807, 2.05) is 0 Å². The number of nitrogens with zero attached hydrogens (tertiary/aromatic N) is 1. The lowest BCUT2D eigenvalue weighted by atomic mass is 10.2. The van der Waals surface area contributed by atoms with Crippen LogP contribution in [0.4, 0.5) is 22.0 Å². The van der Waals surface area contributed by atoms with Gasteiger partial charge in [0.25, 0.3) is 6.43 Å². The summed E-state index contributed by atoms with van der Waals surface area (Å²) in [6, 6.07) is 0. The van der Waals surface area contributed by atoms with Crippen molar-refractivity contribution in [2.45, 2.75) is 12.8 Å². The van der Waals surface area contributed by atoms with E-state index in [9.17, 15) is 26.7 Å². The number of carbonyl (C=O) groups is 1. The third-order valence-corrected chi connectivity index (χ3v) is 1.64. The maximum Gasteiger partial charge on any atom is 0.573 e. The first-order valence-electron chi connectivity index (χ1n) is 3.97. The third-order valence-electron chi connectivity index (χ3n) is 1.64. The lowest BCUT2D eigenvalue weighted by Gasteiger charge is -2.13. The molecule has 0 saturated carbocycles. The molecule has 1 rings (SSSR count). The van der Waals surface area contributed by atoms with Crippen LogP contribution in [0.5, 0.6) is 11.5 Å². The lowest BCUT2D eigenvalue weighted by molar-refractivity contribution is -0.275. The van der Waals surface area contributed by atoms with E-state index in [1.54, 1.807) is 0 Å². The number of ether oxygens (including phenoxy) is 1. The van der Waals surface area contributed by atoms with Gasteiger partial charge in [-0.15, -0.1) is 13.2 Å². The SMILES string of the molecule is O=Cc1ncc(OC(F)(F)F)c(C(F)F)c1O. The van der Waals surface area contributed by atoms with Gasteiger partial charge < -0.3 is 9.84 Å². The molecule has 94 valence electrons.